The van der Waals surface area contributed by atoms with E-state index < -0.39 is 5.83 Å². The molecule has 0 aliphatic heterocycles. The van der Waals surface area contributed by atoms with Crippen LogP contribution in [0.1, 0.15) is 107 Å². The van der Waals surface area contributed by atoms with Crippen molar-refractivity contribution in [2.75, 3.05) is 0 Å². The van der Waals surface area contributed by atoms with Crippen molar-refractivity contribution in [1.29, 1.82) is 5.26 Å². The third-order valence-electron chi connectivity index (χ3n) is 7.94. The predicted octanol–water partition coefficient (Wildman–Crippen LogP) is 9.21. The van der Waals surface area contributed by atoms with Gasteiger partial charge in [-0.25, -0.2) is 0 Å². The quantitative estimate of drug-likeness (QED) is 0.204. The largest absolute Gasteiger partial charge is 0.199 e. The van der Waals surface area contributed by atoms with Crippen molar-refractivity contribution in [2.24, 2.45) is 17.8 Å². The highest BCUT2D eigenvalue weighted by Gasteiger charge is 2.23. The van der Waals surface area contributed by atoms with Crippen LogP contribution in [-0.2, 0) is 6.42 Å². The van der Waals surface area contributed by atoms with E-state index in [9.17, 15) is 4.39 Å². The standard InChI is InChI=1S/C30H42FN/c1-2-6-24-15-19-28(20-16-24)29-21-17-26(18-22-29)8-4-3-7-25-11-13-27(14-12-25)9-5-10-30(31)23-32/h5,9-10,15-16,19-20,25-27,29H,2-4,6-8,11-14,17-18,21-22H2,1H3/b9-5+,30-10-/t25-,26-,27-,29-. The van der Waals surface area contributed by atoms with Crippen LogP contribution in [0.15, 0.2) is 48.3 Å². The third kappa shape index (κ3) is 8.23. The molecule has 2 saturated carbocycles. The highest BCUT2D eigenvalue weighted by Crippen LogP contribution is 2.38. The van der Waals surface area contributed by atoms with Crippen LogP contribution >= 0.6 is 0 Å². The average molecular weight is 436 g/mol. The van der Waals surface area contributed by atoms with Gasteiger partial charge in [0, 0.05) is 0 Å². The zero-order chi connectivity index (χ0) is 22.6. The van der Waals surface area contributed by atoms with Gasteiger partial charge in [-0.15, -0.1) is 0 Å². The molecule has 0 spiro atoms. The Morgan fingerprint density at radius 3 is 2.09 bits per heavy atom. The number of halogens is 1. The lowest BCUT2D eigenvalue weighted by Gasteiger charge is -2.29. The summed E-state index contributed by atoms with van der Waals surface area (Å²) in [6.45, 7) is 2.25. The molecule has 2 heteroatoms. The third-order valence-corrected chi connectivity index (χ3v) is 7.94. The van der Waals surface area contributed by atoms with E-state index in [1.807, 2.05) is 0 Å². The molecule has 1 nitrogen and oxygen atoms in total. The molecule has 1 aromatic carbocycles. The van der Waals surface area contributed by atoms with Crippen LogP contribution < -0.4 is 0 Å². The molecule has 2 fully saturated rings. The van der Waals surface area contributed by atoms with Gasteiger partial charge in [-0.05, 0) is 98.7 Å². The monoisotopic (exact) mass is 435 g/mol. The second kappa shape index (κ2) is 13.6. The first-order valence-electron chi connectivity index (χ1n) is 13.2. The van der Waals surface area contributed by atoms with Crippen molar-refractivity contribution >= 4 is 0 Å². The number of nitriles is 1. The highest BCUT2D eigenvalue weighted by atomic mass is 19.1. The fourth-order valence-corrected chi connectivity index (χ4v) is 5.90. The van der Waals surface area contributed by atoms with E-state index >= 15 is 0 Å². The first kappa shape index (κ1) is 24.8. The summed E-state index contributed by atoms with van der Waals surface area (Å²) in [6, 6.07) is 11.0. The Kier molecular flexibility index (Phi) is 10.5. The SMILES string of the molecule is CCCc1ccc([C@H]2CC[C@H](CCCC[C@H]3CC[C@H](/C=C/C=C(\F)C#N)CC3)CC2)cc1. The minimum Gasteiger partial charge on any atom is -0.195 e. The van der Waals surface area contributed by atoms with Gasteiger partial charge in [-0.1, -0.05) is 75.4 Å². The van der Waals surface area contributed by atoms with Gasteiger partial charge < -0.3 is 0 Å². The van der Waals surface area contributed by atoms with Gasteiger partial charge in [0.05, 0.1) is 0 Å². The van der Waals surface area contributed by atoms with Crippen LogP contribution in [0, 0.1) is 29.1 Å². The molecule has 0 saturated heterocycles. The number of benzene rings is 1. The van der Waals surface area contributed by atoms with E-state index in [-0.39, 0.29) is 0 Å². The van der Waals surface area contributed by atoms with Crippen molar-refractivity contribution < 1.29 is 4.39 Å². The van der Waals surface area contributed by atoms with Crippen LogP contribution in [0.2, 0.25) is 0 Å². The fourth-order valence-electron chi connectivity index (χ4n) is 5.90. The van der Waals surface area contributed by atoms with Crippen LogP contribution in [0.25, 0.3) is 0 Å². The fraction of sp³-hybridized carbons (Fsp3) is 0.633. The Hall–Kier alpha value is -1.88. The number of unbranched alkanes of at least 4 members (excludes halogenated alkanes) is 1. The van der Waals surface area contributed by atoms with Crippen molar-refractivity contribution in [1.82, 2.24) is 0 Å². The minimum atomic E-state index is -0.704. The first-order valence-corrected chi connectivity index (χ1v) is 13.2. The summed E-state index contributed by atoms with van der Waals surface area (Å²) >= 11 is 0. The summed E-state index contributed by atoms with van der Waals surface area (Å²) in [5.41, 5.74) is 3.05. The number of hydrogen-bond acceptors (Lipinski definition) is 1. The summed E-state index contributed by atoms with van der Waals surface area (Å²) in [5.74, 6) is 2.49. The molecule has 32 heavy (non-hydrogen) atoms. The summed E-state index contributed by atoms with van der Waals surface area (Å²) in [4.78, 5) is 0. The highest BCUT2D eigenvalue weighted by molar-refractivity contribution is 5.26. The predicted molar refractivity (Wildman–Crippen MR) is 133 cm³/mol. The second-order valence-electron chi connectivity index (χ2n) is 10.3. The van der Waals surface area contributed by atoms with E-state index in [0.29, 0.717) is 5.92 Å². The number of aryl methyl sites for hydroxylation is 1. The molecule has 0 N–H and O–H groups in total. The van der Waals surface area contributed by atoms with Gasteiger partial charge in [0.25, 0.3) is 0 Å². The van der Waals surface area contributed by atoms with E-state index in [2.05, 4.69) is 37.3 Å². The zero-order valence-corrected chi connectivity index (χ0v) is 20.1. The van der Waals surface area contributed by atoms with E-state index in [1.165, 1.54) is 108 Å². The zero-order valence-electron chi connectivity index (χ0n) is 20.1. The van der Waals surface area contributed by atoms with Crippen LogP contribution in [0.5, 0.6) is 0 Å². The number of hydrogen-bond donors (Lipinski definition) is 0. The first-order chi connectivity index (χ1) is 15.7. The molecule has 2 aliphatic rings. The second-order valence-corrected chi connectivity index (χ2v) is 10.3. The molecule has 0 radical (unpaired) electrons. The maximum absolute atomic E-state index is 12.8. The average Bonchev–Trinajstić information content (AvgIpc) is 2.84. The van der Waals surface area contributed by atoms with E-state index in [0.717, 1.165) is 17.8 Å². The van der Waals surface area contributed by atoms with Gasteiger partial charge in [0.15, 0.2) is 5.83 Å². The molecule has 1 aromatic rings. The maximum Gasteiger partial charge on any atom is 0.199 e. The Balaban J connectivity index is 1.25. The summed E-state index contributed by atoms with van der Waals surface area (Å²) in [7, 11) is 0. The van der Waals surface area contributed by atoms with Crippen molar-refractivity contribution in [3.63, 3.8) is 0 Å². The normalized spacial score (nSPS) is 26.8. The molecule has 0 bridgehead atoms. The molecule has 0 aromatic heterocycles. The van der Waals surface area contributed by atoms with Crippen molar-refractivity contribution in [3.8, 4) is 6.07 Å². The molecule has 2 aliphatic carbocycles. The lowest BCUT2D eigenvalue weighted by Crippen LogP contribution is -2.14. The van der Waals surface area contributed by atoms with Gasteiger partial charge in [-0.3, -0.25) is 0 Å². The van der Waals surface area contributed by atoms with Gasteiger partial charge >= 0.3 is 0 Å². The Morgan fingerprint density at radius 1 is 0.938 bits per heavy atom. The van der Waals surface area contributed by atoms with Gasteiger partial charge in [-0.2, -0.15) is 9.65 Å². The summed E-state index contributed by atoms with van der Waals surface area (Å²) in [5, 5.41) is 8.45. The topological polar surface area (TPSA) is 23.8 Å². The lowest BCUT2D eigenvalue weighted by molar-refractivity contribution is 0.273. The Morgan fingerprint density at radius 2 is 1.53 bits per heavy atom. The molecule has 0 atom stereocenters. The Bertz CT molecular complexity index is 753. The van der Waals surface area contributed by atoms with Crippen LogP contribution in [0.3, 0.4) is 0 Å². The number of allylic oxidation sites excluding steroid dienone is 4. The Labute approximate surface area is 195 Å². The van der Waals surface area contributed by atoms with Crippen molar-refractivity contribution in [2.45, 2.75) is 103 Å². The smallest absolute Gasteiger partial charge is 0.195 e. The van der Waals surface area contributed by atoms with Gasteiger partial charge in [0.2, 0.25) is 0 Å². The molecular formula is C30H42FN. The van der Waals surface area contributed by atoms with Crippen molar-refractivity contribution in [3.05, 3.63) is 59.4 Å². The molecular weight excluding hydrogens is 393 g/mol. The molecule has 0 amide bonds. The van der Waals surface area contributed by atoms with E-state index in [4.69, 9.17) is 5.26 Å². The van der Waals surface area contributed by atoms with Crippen LogP contribution in [-0.4, -0.2) is 0 Å². The molecule has 0 heterocycles. The minimum absolute atomic E-state index is 0.562. The number of rotatable bonds is 10. The summed E-state index contributed by atoms with van der Waals surface area (Å²) < 4.78 is 12.8. The van der Waals surface area contributed by atoms with E-state index in [1.54, 1.807) is 11.6 Å². The number of nitrogens with zero attached hydrogens (tertiary/aromatic N) is 1. The van der Waals surface area contributed by atoms with Crippen LogP contribution in [0.4, 0.5) is 4.39 Å². The summed E-state index contributed by atoms with van der Waals surface area (Å²) in [6.07, 6.45) is 23.8. The maximum atomic E-state index is 12.8. The molecule has 3 rings (SSSR count). The van der Waals surface area contributed by atoms with Gasteiger partial charge in [0.1, 0.15) is 6.07 Å². The molecule has 174 valence electrons. The lowest BCUT2D eigenvalue weighted by atomic mass is 9.76. The molecule has 0 unspecified atom stereocenters.